The molecule has 1 aliphatic rings. The van der Waals surface area contributed by atoms with E-state index in [0.717, 1.165) is 6.42 Å². The fourth-order valence-electron chi connectivity index (χ4n) is 2.40. The Balaban J connectivity index is 2.70. The average Bonchev–Trinajstić information content (AvgIpc) is 2.58. The number of carbonyl (C=O) groups is 1. The average molecular weight is 214 g/mol. The van der Waals surface area contributed by atoms with E-state index in [0.29, 0.717) is 11.8 Å². The van der Waals surface area contributed by atoms with Crippen LogP contribution in [-0.4, -0.2) is 25.3 Å². The maximum absolute atomic E-state index is 11.5. The summed E-state index contributed by atoms with van der Waals surface area (Å²) < 4.78 is 10.6. The van der Waals surface area contributed by atoms with Crippen LogP contribution in [-0.2, 0) is 14.3 Å². The summed E-state index contributed by atoms with van der Waals surface area (Å²) in [6.07, 6.45) is 1.32. The fourth-order valence-corrected chi connectivity index (χ4v) is 2.40. The van der Waals surface area contributed by atoms with Gasteiger partial charge in [-0.3, -0.25) is 4.79 Å². The van der Waals surface area contributed by atoms with Crippen LogP contribution in [0.1, 0.15) is 34.1 Å². The van der Waals surface area contributed by atoms with Gasteiger partial charge in [0.25, 0.3) is 0 Å². The molecule has 0 amide bonds. The number of esters is 1. The van der Waals surface area contributed by atoms with Crippen LogP contribution in [0, 0.1) is 17.8 Å². The summed E-state index contributed by atoms with van der Waals surface area (Å²) in [5, 5.41) is 0. The van der Waals surface area contributed by atoms with Gasteiger partial charge in [-0.2, -0.15) is 0 Å². The summed E-state index contributed by atoms with van der Waals surface area (Å²) in [5.74, 6) is 0.688. The molecule has 1 saturated heterocycles. The van der Waals surface area contributed by atoms with Gasteiger partial charge in [-0.1, -0.05) is 13.8 Å². The summed E-state index contributed by atoms with van der Waals surface area (Å²) in [7, 11) is 1.43. The second-order valence-electron chi connectivity index (χ2n) is 4.87. The van der Waals surface area contributed by atoms with Crippen molar-refractivity contribution < 1.29 is 14.3 Å². The molecule has 0 bridgehead atoms. The van der Waals surface area contributed by atoms with Gasteiger partial charge in [-0.05, 0) is 32.1 Å². The Morgan fingerprint density at radius 2 is 2.00 bits per heavy atom. The molecule has 3 heteroatoms. The zero-order valence-corrected chi connectivity index (χ0v) is 10.3. The molecule has 0 aromatic heterocycles. The van der Waals surface area contributed by atoms with Gasteiger partial charge < -0.3 is 9.47 Å². The summed E-state index contributed by atoms with van der Waals surface area (Å²) in [6, 6.07) is 0. The molecule has 0 radical (unpaired) electrons. The highest BCUT2D eigenvalue weighted by Gasteiger charge is 2.40. The molecule has 0 aromatic carbocycles. The Hall–Kier alpha value is -0.570. The zero-order chi connectivity index (χ0) is 11.6. The lowest BCUT2D eigenvalue weighted by Gasteiger charge is -2.25. The van der Waals surface area contributed by atoms with E-state index in [-0.39, 0.29) is 24.1 Å². The molecule has 0 aromatic rings. The molecule has 88 valence electrons. The molecule has 0 N–H and O–H groups in total. The van der Waals surface area contributed by atoms with E-state index in [4.69, 9.17) is 9.47 Å². The first-order valence-corrected chi connectivity index (χ1v) is 5.70. The van der Waals surface area contributed by atoms with Gasteiger partial charge in [0.05, 0.1) is 25.2 Å². The van der Waals surface area contributed by atoms with Gasteiger partial charge in [-0.15, -0.1) is 0 Å². The third kappa shape index (κ3) is 2.71. The van der Waals surface area contributed by atoms with Crippen molar-refractivity contribution in [2.75, 3.05) is 7.11 Å². The molecule has 0 spiro atoms. The minimum atomic E-state index is -0.167. The maximum Gasteiger partial charge on any atom is 0.311 e. The number of hydrogen-bond acceptors (Lipinski definition) is 3. The molecule has 1 heterocycles. The van der Waals surface area contributed by atoms with Gasteiger partial charge in [0, 0.05) is 0 Å². The van der Waals surface area contributed by atoms with Crippen molar-refractivity contribution in [2.24, 2.45) is 17.8 Å². The van der Waals surface area contributed by atoms with Crippen LogP contribution in [0.4, 0.5) is 0 Å². The Labute approximate surface area is 92.1 Å². The Bertz CT molecular complexity index is 225. The van der Waals surface area contributed by atoms with E-state index in [1.807, 2.05) is 6.92 Å². The molecule has 1 fully saturated rings. The standard InChI is InChI=1S/C12H22O3/c1-7(2)10-6-8(3)15-11(10)9(4)12(13)14-5/h7-11H,6H2,1-5H3/t8-,9+,10-,11-/m0/s1. The Morgan fingerprint density at radius 1 is 1.40 bits per heavy atom. The molecule has 1 rings (SSSR count). The smallest absolute Gasteiger partial charge is 0.311 e. The first-order chi connectivity index (χ1) is 6.97. The second-order valence-corrected chi connectivity index (χ2v) is 4.87. The lowest BCUT2D eigenvalue weighted by Crippen LogP contribution is -2.33. The number of hydrogen-bond donors (Lipinski definition) is 0. The van der Waals surface area contributed by atoms with Gasteiger partial charge in [0.2, 0.25) is 0 Å². The summed E-state index contributed by atoms with van der Waals surface area (Å²) >= 11 is 0. The Morgan fingerprint density at radius 3 is 2.47 bits per heavy atom. The van der Waals surface area contributed by atoms with E-state index >= 15 is 0 Å². The normalized spacial score (nSPS) is 33.1. The summed E-state index contributed by atoms with van der Waals surface area (Å²) in [5.41, 5.74) is 0. The first-order valence-electron chi connectivity index (χ1n) is 5.70. The van der Waals surface area contributed by atoms with Gasteiger partial charge in [0.15, 0.2) is 0 Å². The molecule has 1 aliphatic heterocycles. The highest BCUT2D eigenvalue weighted by molar-refractivity contribution is 5.72. The second kappa shape index (κ2) is 4.97. The van der Waals surface area contributed by atoms with Gasteiger partial charge in [0.1, 0.15) is 0 Å². The van der Waals surface area contributed by atoms with Crippen LogP contribution in [0.25, 0.3) is 0 Å². The summed E-state index contributed by atoms with van der Waals surface area (Å²) in [6.45, 7) is 8.33. The van der Waals surface area contributed by atoms with E-state index in [9.17, 15) is 4.79 Å². The van der Waals surface area contributed by atoms with Crippen LogP contribution in [0.5, 0.6) is 0 Å². The maximum atomic E-state index is 11.5. The number of carbonyl (C=O) groups excluding carboxylic acids is 1. The van der Waals surface area contributed by atoms with Crippen molar-refractivity contribution in [1.82, 2.24) is 0 Å². The summed E-state index contributed by atoms with van der Waals surface area (Å²) in [4.78, 5) is 11.5. The van der Waals surface area contributed by atoms with E-state index in [2.05, 4.69) is 20.8 Å². The molecule has 0 aliphatic carbocycles. The third-order valence-electron chi connectivity index (χ3n) is 3.34. The predicted molar refractivity (Wildman–Crippen MR) is 58.5 cm³/mol. The van der Waals surface area contributed by atoms with Crippen LogP contribution in [0.2, 0.25) is 0 Å². The first kappa shape index (κ1) is 12.5. The molecule has 0 unspecified atom stereocenters. The molecular formula is C12H22O3. The van der Waals surface area contributed by atoms with Gasteiger partial charge in [-0.25, -0.2) is 0 Å². The number of rotatable bonds is 3. The minimum Gasteiger partial charge on any atom is -0.469 e. The topological polar surface area (TPSA) is 35.5 Å². The largest absolute Gasteiger partial charge is 0.469 e. The van der Waals surface area contributed by atoms with Crippen molar-refractivity contribution in [3.05, 3.63) is 0 Å². The minimum absolute atomic E-state index is 0.0208. The van der Waals surface area contributed by atoms with E-state index < -0.39 is 0 Å². The number of methoxy groups -OCH3 is 1. The van der Waals surface area contributed by atoms with E-state index in [1.165, 1.54) is 7.11 Å². The highest BCUT2D eigenvalue weighted by atomic mass is 16.5. The van der Waals surface area contributed by atoms with Crippen LogP contribution >= 0.6 is 0 Å². The molecule has 0 saturated carbocycles. The number of ether oxygens (including phenoxy) is 2. The molecule has 3 nitrogen and oxygen atoms in total. The third-order valence-corrected chi connectivity index (χ3v) is 3.34. The fraction of sp³-hybridized carbons (Fsp3) is 0.917. The monoisotopic (exact) mass is 214 g/mol. The Kier molecular flexibility index (Phi) is 4.14. The van der Waals surface area contributed by atoms with Crippen molar-refractivity contribution >= 4 is 5.97 Å². The van der Waals surface area contributed by atoms with Crippen molar-refractivity contribution in [3.8, 4) is 0 Å². The van der Waals surface area contributed by atoms with Crippen molar-refractivity contribution in [3.63, 3.8) is 0 Å². The van der Waals surface area contributed by atoms with Crippen LogP contribution in [0.3, 0.4) is 0 Å². The van der Waals surface area contributed by atoms with Gasteiger partial charge >= 0.3 is 5.97 Å². The molecule has 15 heavy (non-hydrogen) atoms. The molecule has 4 atom stereocenters. The lowest BCUT2D eigenvalue weighted by atomic mass is 9.83. The van der Waals surface area contributed by atoms with Crippen molar-refractivity contribution in [1.29, 1.82) is 0 Å². The van der Waals surface area contributed by atoms with Crippen LogP contribution < -0.4 is 0 Å². The van der Waals surface area contributed by atoms with Crippen molar-refractivity contribution in [2.45, 2.75) is 46.3 Å². The quantitative estimate of drug-likeness (QED) is 0.676. The highest BCUT2D eigenvalue weighted by Crippen LogP contribution is 2.36. The molecular weight excluding hydrogens is 192 g/mol. The zero-order valence-electron chi connectivity index (χ0n) is 10.3. The SMILES string of the molecule is COC(=O)[C@H](C)[C@@H]1O[C@@H](C)C[C@H]1C(C)C. The predicted octanol–water partition coefficient (Wildman–Crippen LogP) is 2.25. The van der Waals surface area contributed by atoms with Crippen LogP contribution in [0.15, 0.2) is 0 Å². The van der Waals surface area contributed by atoms with E-state index in [1.54, 1.807) is 0 Å². The lowest BCUT2D eigenvalue weighted by molar-refractivity contribution is -0.151.